The van der Waals surface area contributed by atoms with Crippen LogP contribution in [0.4, 0.5) is 13.2 Å². The fourth-order valence-corrected chi connectivity index (χ4v) is 4.41. The van der Waals surface area contributed by atoms with Crippen molar-refractivity contribution in [1.29, 1.82) is 0 Å². The Labute approximate surface area is 189 Å². The first-order valence-electron chi connectivity index (χ1n) is 11.0. The summed E-state index contributed by atoms with van der Waals surface area (Å²) in [5, 5.41) is 0. The van der Waals surface area contributed by atoms with Crippen LogP contribution in [0.25, 0.3) is 5.52 Å². The maximum atomic E-state index is 12.8. The number of halogens is 3. The molecule has 0 unspecified atom stereocenters. The van der Waals surface area contributed by atoms with Gasteiger partial charge in [0.1, 0.15) is 5.56 Å². The molecule has 8 heteroatoms. The summed E-state index contributed by atoms with van der Waals surface area (Å²) in [4.78, 5) is 27.3. The standard InChI is InChI=1S/C25H25F3N2O3/c1-2-33-24(32)21-15-19(22-5-3-4-12-30(22)23(21)31)16-29-13-10-18(11-14-29)17-6-8-20(9-7-17)25(26,27)28/h3-9,12,15,18H,2,10-11,13-14,16H2,1H3. The maximum Gasteiger partial charge on any atom is 0.416 e. The highest BCUT2D eigenvalue weighted by atomic mass is 19.4. The zero-order chi connectivity index (χ0) is 23.6. The normalized spacial score (nSPS) is 15.6. The number of rotatable bonds is 5. The minimum Gasteiger partial charge on any atom is -0.462 e. The number of ether oxygens (including phenoxy) is 1. The number of benzene rings is 1. The highest BCUT2D eigenvalue weighted by Gasteiger charge is 2.30. The lowest BCUT2D eigenvalue weighted by Gasteiger charge is -2.32. The van der Waals surface area contributed by atoms with Gasteiger partial charge in [0.25, 0.3) is 5.56 Å². The summed E-state index contributed by atoms with van der Waals surface area (Å²) in [6.45, 7) is 3.96. The van der Waals surface area contributed by atoms with E-state index in [1.165, 1.54) is 4.40 Å². The van der Waals surface area contributed by atoms with Gasteiger partial charge >= 0.3 is 12.1 Å². The number of hydrogen-bond acceptors (Lipinski definition) is 4. The van der Waals surface area contributed by atoms with Gasteiger partial charge in [-0.05, 0) is 80.2 Å². The number of likely N-dealkylation sites (tertiary alicyclic amines) is 1. The molecule has 1 aliphatic heterocycles. The maximum absolute atomic E-state index is 12.8. The zero-order valence-electron chi connectivity index (χ0n) is 18.3. The Balaban J connectivity index is 1.50. The van der Waals surface area contributed by atoms with Crippen LogP contribution < -0.4 is 5.56 Å². The molecule has 1 aliphatic rings. The van der Waals surface area contributed by atoms with Gasteiger partial charge in [-0.25, -0.2) is 4.79 Å². The predicted octanol–water partition coefficient (Wildman–Crippen LogP) is 4.87. The van der Waals surface area contributed by atoms with Gasteiger partial charge in [-0.1, -0.05) is 18.2 Å². The monoisotopic (exact) mass is 458 g/mol. The first-order valence-corrected chi connectivity index (χ1v) is 11.0. The predicted molar refractivity (Wildman–Crippen MR) is 118 cm³/mol. The number of hydrogen-bond donors (Lipinski definition) is 0. The number of alkyl halides is 3. The van der Waals surface area contributed by atoms with Crippen molar-refractivity contribution in [2.24, 2.45) is 0 Å². The van der Waals surface area contributed by atoms with Crippen molar-refractivity contribution < 1.29 is 22.7 Å². The molecule has 2 aromatic heterocycles. The van der Waals surface area contributed by atoms with Gasteiger partial charge in [0.05, 0.1) is 17.7 Å². The van der Waals surface area contributed by atoms with E-state index in [9.17, 15) is 22.8 Å². The molecule has 0 N–H and O–H groups in total. The molecule has 174 valence electrons. The Morgan fingerprint density at radius 2 is 1.79 bits per heavy atom. The van der Waals surface area contributed by atoms with Gasteiger partial charge in [-0.15, -0.1) is 0 Å². The number of esters is 1. The van der Waals surface area contributed by atoms with E-state index in [2.05, 4.69) is 4.90 Å². The minimum atomic E-state index is -4.33. The van der Waals surface area contributed by atoms with Crippen molar-refractivity contribution in [3.63, 3.8) is 0 Å². The van der Waals surface area contributed by atoms with Crippen LogP contribution in [0.15, 0.2) is 59.5 Å². The second-order valence-corrected chi connectivity index (χ2v) is 8.23. The van der Waals surface area contributed by atoms with E-state index >= 15 is 0 Å². The molecule has 0 atom stereocenters. The SMILES string of the molecule is CCOC(=O)c1cc(CN2CCC(c3ccc(C(F)(F)F)cc3)CC2)c2ccccn2c1=O. The van der Waals surface area contributed by atoms with E-state index in [4.69, 9.17) is 4.74 Å². The lowest BCUT2D eigenvalue weighted by molar-refractivity contribution is -0.137. The van der Waals surface area contributed by atoms with Crippen molar-refractivity contribution in [2.75, 3.05) is 19.7 Å². The first-order chi connectivity index (χ1) is 15.8. The summed E-state index contributed by atoms with van der Waals surface area (Å²) in [6, 6.07) is 12.5. The van der Waals surface area contributed by atoms with E-state index in [0.29, 0.717) is 6.54 Å². The number of nitrogens with zero attached hydrogens (tertiary/aromatic N) is 2. The van der Waals surface area contributed by atoms with Crippen molar-refractivity contribution in [3.05, 3.63) is 87.3 Å². The largest absolute Gasteiger partial charge is 0.462 e. The van der Waals surface area contributed by atoms with Gasteiger partial charge in [0.2, 0.25) is 0 Å². The third kappa shape index (κ3) is 4.95. The molecule has 1 saturated heterocycles. The van der Waals surface area contributed by atoms with Crippen LogP contribution in [-0.2, 0) is 17.5 Å². The Hall–Kier alpha value is -3.13. The lowest BCUT2D eigenvalue weighted by Crippen LogP contribution is -2.33. The van der Waals surface area contributed by atoms with Crippen molar-refractivity contribution >= 4 is 11.5 Å². The second-order valence-electron chi connectivity index (χ2n) is 8.23. The average molecular weight is 458 g/mol. The average Bonchev–Trinajstić information content (AvgIpc) is 2.81. The molecule has 4 rings (SSSR count). The number of carbonyl (C=O) groups excluding carboxylic acids is 1. The molecular formula is C25H25F3N2O3. The van der Waals surface area contributed by atoms with Gasteiger partial charge in [-0.2, -0.15) is 13.2 Å². The van der Waals surface area contributed by atoms with Crippen LogP contribution in [0.3, 0.4) is 0 Å². The molecule has 5 nitrogen and oxygen atoms in total. The minimum absolute atomic E-state index is 0.00944. The van der Waals surface area contributed by atoms with Crippen LogP contribution in [0, 0.1) is 0 Å². The van der Waals surface area contributed by atoms with Gasteiger partial charge < -0.3 is 4.74 Å². The van der Waals surface area contributed by atoms with Gasteiger partial charge in [0.15, 0.2) is 0 Å². The molecular weight excluding hydrogens is 433 g/mol. The summed E-state index contributed by atoms with van der Waals surface area (Å²) in [5.74, 6) is -0.434. The number of aromatic nitrogens is 1. The Morgan fingerprint density at radius 3 is 2.42 bits per heavy atom. The van der Waals surface area contributed by atoms with Gasteiger partial charge in [0, 0.05) is 12.7 Å². The fraction of sp³-hybridized carbons (Fsp3) is 0.360. The summed E-state index contributed by atoms with van der Waals surface area (Å²) >= 11 is 0. The fourth-order valence-electron chi connectivity index (χ4n) is 4.41. The Kier molecular flexibility index (Phi) is 6.56. The molecule has 1 aromatic carbocycles. The van der Waals surface area contributed by atoms with Crippen LogP contribution in [-0.4, -0.2) is 35.0 Å². The quantitative estimate of drug-likeness (QED) is 0.512. The van der Waals surface area contributed by atoms with Crippen LogP contribution in [0.5, 0.6) is 0 Å². The smallest absolute Gasteiger partial charge is 0.416 e. The van der Waals surface area contributed by atoms with E-state index in [0.717, 1.165) is 54.7 Å². The zero-order valence-corrected chi connectivity index (χ0v) is 18.3. The van der Waals surface area contributed by atoms with Crippen molar-refractivity contribution in [1.82, 2.24) is 9.30 Å². The molecule has 3 aromatic rings. The highest BCUT2D eigenvalue weighted by molar-refractivity contribution is 5.90. The molecule has 0 saturated carbocycles. The lowest BCUT2D eigenvalue weighted by atomic mass is 9.89. The summed E-state index contributed by atoms with van der Waals surface area (Å²) in [5.41, 5.74) is 1.48. The first kappa shape index (κ1) is 23.0. The third-order valence-electron chi connectivity index (χ3n) is 6.14. The number of piperidine rings is 1. The molecule has 0 radical (unpaired) electrons. The van der Waals surface area contributed by atoms with Crippen molar-refractivity contribution in [2.45, 2.75) is 38.4 Å². The van der Waals surface area contributed by atoms with E-state index in [1.54, 1.807) is 37.4 Å². The second kappa shape index (κ2) is 9.39. The number of pyridine rings is 2. The molecule has 1 fully saturated rings. The third-order valence-corrected chi connectivity index (χ3v) is 6.14. The molecule has 33 heavy (non-hydrogen) atoms. The van der Waals surface area contributed by atoms with Gasteiger partial charge in [-0.3, -0.25) is 14.1 Å². The Morgan fingerprint density at radius 1 is 1.09 bits per heavy atom. The summed E-state index contributed by atoms with van der Waals surface area (Å²) < 4.78 is 45.0. The number of carbonyl (C=O) groups is 1. The molecule has 0 bridgehead atoms. The molecule has 0 aliphatic carbocycles. The molecule has 3 heterocycles. The van der Waals surface area contributed by atoms with Crippen LogP contribution in [0.2, 0.25) is 0 Å². The van der Waals surface area contributed by atoms with Crippen LogP contribution in [0.1, 0.15) is 52.7 Å². The number of fused-ring (bicyclic) bond motifs is 1. The topological polar surface area (TPSA) is 51.0 Å². The van der Waals surface area contributed by atoms with Crippen molar-refractivity contribution in [3.8, 4) is 0 Å². The molecule has 0 amide bonds. The van der Waals surface area contributed by atoms with E-state index in [1.807, 2.05) is 12.1 Å². The summed E-state index contributed by atoms with van der Waals surface area (Å²) in [6.07, 6.45) is -1.05. The summed E-state index contributed by atoms with van der Waals surface area (Å²) in [7, 11) is 0. The van der Waals surface area contributed by atoms with E-state index in [-0.39, 0.29) is 18.1 Å². The van der Waals surface area contributed by atoms with Crippen LogP contribution >= 0.6 is 0 Å². The molecule has 0 spiro atoms. The van der Waals surface area contributed by atoms with E-state index < -0.39 is 23.3 Å². The Bertz CT molecular complexity index is 1190. The highest BCUT2D eigenvalue weighted by Crippen LogP contribution is 2.33.